The lowest BCUT2D eigenvalue weighted by molar-refractivity contribution is -0.129. The van der Waals surface area contributed by atoms with Crippen molar-refractivity contribution in [3.63, 3.8) is 0 Å². The summed E-state index contributed by atoms with van der Waals surface area (Å²) in [6, 6.07) is 8.39. The van der Waals surface area contributed by atoms with Crippen molar-refractivity contribution in [2.45, 2.75) is 25.8 Å². The normalized spacial score (nSPS) is 18.4. The van der Waals surface area contributed by atoms with Gasteiger partial charge in [0.15, 0.2) is 0 Å². The fourth-order valence-electron chi connectivity index (χ4n) is 2.70. The second kappa shape index (κ2) is 5.45. The summed E-state index contributed by atoms with van der Waals surface area (Å²) in [6.07, 6.45) is 4.96. The fraction of sp³-hybridized carbons (Fsp3) is 0.400. The van der Waals surface area contributed by atoms with Gasteiger partial charge in [0.1, 0.15) is 0 Å². The molecule has 5 heteroatoms. The predicted octanol–water partition coefficient (Wildman–Crippen LogP) is 1.60. The van der Waals surface area contributed by atoms with Gasteiger partial charge in [-0.1, -0.05) is 35.0 Å². The van der Waals surface area contributed by atoms with Gasteiger partial charge in [-0.05, 0) is 18.9 Å². The van der Waals surface area contributed by atoms with E-state index in [9.17, 15) is 4.79 Å². The van der Waals surface area contributed by atoms with Crippen LogP contribution < -0.4 is 0 Å². The Morgan fingerprint density at radius 1 is 1.45 bits per heavy atom. The smallest absolute Gasteiger partial charge is 0.227 e. The highest BCUT2D eigenvalue weighted by Gasteiger charge is 2.27. The number of amides is 1. The summed E-state index contributed by atoms with van der Waals surface area (Å²) >= 11 is 0. The minimum atomic E-state index is 0.193. The number of carbonyl (C=O) groups is 1. The molecule has 2 heterocycles. The first-order valence-electron chi connectivity index (χ1n) is 6.91. The quantitative estimate of drug-likeness (QED) is 0.851. The third-order valence-electron chi connectivity index (χ3n) is 3.77. The molecule has 1 amide bonds. The summed E-state index contributed by atoms with van der Waals surface area (Å²) in [4.78, 5) is 14.2. The van der Waals surface area contributed by atoms with Gasteiger partial charge < -0.3 is 4.90 Å². The molecule has 0 radical (unpaired) electrons. The lowest BCUT2D eigenvalue weighted by Gasteiger charge is -2.16. The SMILES string of the molecule is Cc1cccc(CC(=O)N2CCC(n3ccnn3)C2)c1. The Morgan fingerprint density at radius 2 is 2.35 bits per heavy atom. The Kier molecular flexibility index (Phi) is 3.50. The molecule has 1 atom stereocenters. The van der Waals surface area contributed by atoms with Gasteiger partial charge in [0.2, 0.25) is 5.91 Å². The minimum Gasteiger partial charge on any atom is -0.340 e. The molecule has 1 fully saturated rings. The van der Waals surface area contributed by atoms with Crippen molar-refractivity contribution in [2.75, 3.05) is 13.1 Å². The molecule has 104 valence electrons. The highest BCUT2D eigenvalue weighted by atomic mass is 16.2. The van der Waals surface area contributed by atoms with E-state index in [0.29, 0.717) is 6.42 Å². The van der Waals surface area contributed by atoms with Crippen molar-refractivity contribution >= 4 is 5.91 Å². The summed E-state index contributed by atoms with van der Waals surface area (Å²) in [5, 5.41) is 7.84. The molecule has 2 aromatic rings. The van der Waals surface area contributed by atoms with Crippen LogP contribution in [0.3, 0.4) is 0 Å². The van der Waals surface area contributed by atoms with Crippen LogP contribution in [-0.4, -0.2) is 38.9 Å². The Labute approximate surface area is 118 Å². The first-order chi connectivity index (χ1) is 9.72. The van der Waals surface area contributed by atoms with E-state index in [1.807, 2.05) is 40.9 Å². The van der Waals surface area contributed by atoms with E-state index in [1.165, 1.54) is 5.56 Å². The molecule has 0 spiro atoms. The van der Waals surface area contributed by atoms with E-state index in [0.717, 1.165) is 25.1 Å². The van der Waals surface area contributed by atoms with Gasteiger partial charge in [-0.2, -0.15) is 0 Å². The number of aryl methyl sites for hydroxylation is 1. The maximum absolute atomic E-state index is 12.3. The molecule has 0 N–H and O–H groups in total. The zero-order valence-corrected chi connectivity index (χ0v) is 11.6. The third kappa shape index (κ3) is 2.71. The molecule has 1 unspecified atom stereocenters. The molecule has 1 aliphatic rings. The van der Waals surface area contributed by atoms with Crippen LogP contribution in [0.2, 0.25) is 0 Å². The highest BCUT2D eigenvalue weighted by molar-refractivity contribution is 5.79. The highest BCUT2D eigenvalue weighted by Crippen LogP contribution is 2.21. The largest absolute Gasteiger partial charge is 0.340 e. The first-order valence-corrected chi connectivity index (χ1v) is 6.91. The maximum Gasteiger partial charge on any atom is 0.227 e. The Hall–Kier alpha value is -2.17. The molecule has 5 nitrogen and oxygen atoms in total. The minimum absolute atomic E-state index is 0.193. The molecule has 0 saturated carbocycles. The number of rotatable bonds is 3. The van der Waals surface area contributed by atoms with Crippen molar-refractivity contribution in [1.82, 2.24) is 19.9 Å². The summed E-state index contributed by atoms with van der Waals surface area (Å²) < 4.78 is 1.85. The fourth-order valence-corrected chi connectivity index (χ4v) is 2.70. The van der Waals surface area contributed by atoms with E-state index in [2.05, 4.69) is 16.4 Å². The molecule has 20 heavy (non-hydrogen) atoms. The van der Waals surface area contributed by atoms with Gasteiger partial charge in [-0.3, -0.25) is 4.79 Å². The number of benzene rings is 1. The average Bonchev–Trinajstić information content (AvgIpc) is 3.10. The van der Waals surface area contributed by atoms with E-state index in [1.54, 1.807) is 6.20 Å². The van der Waals surface area contributed by atoms with Crippen LogP contribution >= 0.6 is 0 Å². The predicted molar refractivity (Wildman–Crippen MR) is 75.1 cm³/mol. The Bertz CT molecular complexity index is 594. The van der Waals surface area contributed by atoms with Crippen molar-refractivity contribution in [3.8, 4) is 0 Å². The van der Waals surface area contributed by atoms with Crippen LogP contribution in [0.15, 0.2) is 36.7 Å². The lowest BCUT2D eigenvalue weighted by atomic mass is 10.1. The topological polar surface area (TPSA) is 51.0 Å². The molecule has 1 aliphatic heterocycles. The van der Waals surface area contributed by atoms with Gasteiger partial charge in [0, 0.05) is 19.3 Å². The van der Waals surface area contributed by atoms with Crippen LogP contribution in [0.5, 0.6) is 0 Å². The van der Waals surface area contributed by atoms with Crippen LogP contribution in [0, 0.1) is 6.92 Å². The number of aromatic nitrogens is 3. The Morgan fingerprint density at radius 3 is 3.10 bits per heavy atom. The van der Waals surface area contributed by atoms with Crippen LogP contribution in [-0.2, 0) is 11.2 Å². The van der Waals surface area contributed by atoms with Gasteiger partial charge in [-0.25, -0.2) is 4.68 Å². The number of hydrogen-bond donors (Lipinski definition) is 0. The second-order valence-electron chi connectivity index (χ2n) is 5.33. The molecular weight excluding hydrogens is 252 g/mol. The molecule has 0 aliphatic carbocycles. The lowest BCUT2D eigenvalue weighted by Crippen LogP contribution is -2.30. The molecule has 1 saturated heterocycles. The van der Waals surface area contributed by atoms with Crippen molar-refractivity contribution < 1.29 is 4.79 Å². The van der Waals surface area contributed by atoms with E-state index in [-0.39, 0.29) is 11.9 Å². The molecule has 3 rings (SSSR count). The first kappa shape index (κ1) is 12.8. The van der Waals surface area contributed by atoms with Gasteiger partial charge in [0.05, 0.1) is 18.7 Å². The summed E-state index contributed by atoms with van der Waals surface area (Å²) in [5.41, 5.74) is 2.27. The number of hydrogen-bond acceptors (Lipinski definition) is 3. The number of nitrogens with zero attached hydrogens (tertiary/aromatic N) is 4. The summed E-state index contributed by atoms with van der Waals surface area (Å²) in [6.45, 7) is 3.58. The third-order valence-corrected chi connectivity index (χ3v) is 3.77. The molecule has 0 bridgehead atoms. The van der Waals surface area contributed by atoms with Crippen LogP contribution in [0.25, 0.3) is 0 Å². The Balaban J connectivity index is 1.61. The monoisotopic (exact) mass is 270 g/mol. The molecular formula is C15H18N4O. The van der Waals surface area contributed by atoms with Crippen molar-refractivity contribution in [1.29, 1.82) is 0 Å². The number of likely N-dealkylation sites (tertiary alicyclic amines) is 1. The summed E-state index contributed by atoms with van der Waals surface area (Å²) in [5.74, 6) is 0.193. The molecule has 1 aromatic heterocycles. The average molecular weight is 270 g/mol. The van der Waals surface area contributed by atoms with Crippen molar-refractivity contribution in [2.24, 2.45) is 0 Å². The summed E-state index contributed by atoms with van der Waals surface area (Å²) in [7, 11) is 0. The van der Waals surface area contributed by atoms with Crippen molar-refractivity contribution in [3.05, 3.63) is 47.8 Å². The van der Waals surface area contributed by atoms with Gasteiger partial charge >= 0.3 is 0 Å². The number of carbonyl (C=O) groups excluding carboxylic acids is 1. The second-order valence-corrected chi connectivity index (χ2v) is 5.33. The van der Waals surface area contributed by atoms with Crippen LogP contribution in [0.4, 0.5) is 0 Å². The molecule has 1 aromatic carbocycles. The maximum atomic E-state index is 12.3. The van der Waals surface area contributed by atoms with E-state index < -0.39 is 0 Å². The zero-order valence-electron chi connectivity index (χ0n) is 11.6. The van der Waals surface area contributed by atoms with E-state index in [4.69, 9.17) is 0 Å². The zero-order chi connectivity index (χ0) is 13.9. The van der Waals surface area contributed by atoms with Crippen LogP contribution in [0.1, 0.15) is 23.6 Å². The van der Waals surface area contributed by atoms with E-state index >= 15 is 0 Å². The van der Waals surface area contributed by atoms with Gasteiger partial charge in [0.25, 0.3) is 0 Å². The standard InChI is InChI=1S/C15H18N4O/c1-12-3-2-4-13(9-12)10-15(20)18-7-5-14(11-18)19-8-6-16-17-19/h2-4,6,8-9,14H,5,7,10-11H2,1H3. The van der Waals surface area contributed by atoms with Gasteiger partial charge in [-0.15, -0.1) is 5.10 Å².